The second kappa shape index (κ2) is 7.95. The highest BCUT2D eigenvalue weighted by Crippen LogP contribution is 2.18. The maximum atomic E-state index is 12.0. The normalized spacial score (nSPS) is 10.7. The summed E-state index contributed by atoms with van der Waals surface area (Å²) in [5, 5.41) is 5.69. The summed E-state index contributed by atoms with van der Waals surface area (Å²) in [5.41, 5.74) is 6.27. The van der Waals surface area contributed by atoms with Gasteiger partial charge in [0, 0.05) is 18.4 Å². The van der Waals surface area contributed by atoms with Gasteiger partial charge >= 0.3 is 6.03 Å². The molecule has 3 aromatic rings. The SMILES string of the molecule is Cc1cc(C)c(Cn2cccc2CNC(=O)NCc2ccco2)c(C)c1. The van der Waals surface area contributed by atoms with E-state index in [1.807, 2.05) is 18.2 Å². The molecule has 0 aliphatic rings. The van der Waals surface area contributed by atoms with Crippen LogP contribution >= 0.6 is 0 Å². The van der Waals surface area contributed by atoms with Gasteiger partial charge < -0.3 is 19.6 Å². The lowest BCUT2D eigenvalue weighted by Crippen LogP contribution is -2.35. The minimum absolute atomic E-state index is 0.211. The number of carbonyl (C=O) groups is 1. The molecule has 0 unspecified atom stereocenters. The largest absolute Gasteiger partial charge is 0.467 e. The van der Waals surface area contributed by atoms with Gasteiger partial charge in [0.2, 0.25) is 0 Å². The smallest absolute Gasteiger partial charge is 0.315 e. The van der Waals surface area contributed by atoms with Crippen LogP contribution in [0.2, 0.25) is 0 Å². The number of urea groups is 1. The van der Waals surface area contributed by atoms with Crippen molar-refractivity contribution in [2.45, 2.75) is 40.4 Å². The molecule has 0 saturated carbocycles. The number of rotatable bonds is 6. The zero-order valence-corrected chi connectivity index (χ0v) is 15.5. The summed E-state index contributed by atoms with van der Waals surface area (Å²) in [6.07, 6.45) is 3.65. The van der Waals surface area contributed by atoms with Gasteiger partial charge in [-0.3, -0.25) is 0 Å². The Hall–Kier alpha value is -2.95. The van der Waals surface area contributed by atoms with E-state index in [1.54, 1.807) is 12.3 Å². The molecule has 2 aromatic heterocycles. The highest BCUT2D eigenvalue weighted by molar-refractivity contribution is 5.73. The first-order valence-electron chi connectivity index (χ1n) is 8.78. The number of hydrogen-bond donors (Lipinski definition) is 2. The lowest BCUT2D eigenvalue weighted by atomic mass is 10.00. The molecule has 0 fully saturated rings. The van der Waals surface area contributed by atoms with Crippen LogP contribution in [0, 0.1) is 20.8 Å². The summed E-state index contributed by atoms with van der Waals surface area (Å²) in [6, 6.07) is 11.9. The van der Waals surface area contributed by atoms with Crippen LogP contribution in [0.1, 0.15) is 33.7 Å². The van der Waals surface area contributed by atoms with Crippen LogP contribution in [0.4, 0.5) is 4.79 Å². The van der Waals surface area contributed by atoms with Gasteiger partial charge in [-0.25, -0.2) is 4.79 Å². The quantitative estimate of drug-likeness (QED) is 0.704. The Balaban J connectivity index is 1.59. The van der Waals surface area contributed by atoms with Gasteiger partial charge in [0.05, 0.1) is 19.4 Å². The van der Waals surface area contributed by atoms with E-state index >= 15 is 0 Å². The Morgan fingerprint density at radius 3 is 2.46 bits per heavy atom. The van der Waals surface area contributed by atoms with Crippen LogP contribution in [-0.2, 0) is 19.6 Å². The van der Waals surface area contributed by atoms with Gasteiger partial charge in [0.1, 0.15) is 5.76 Å². The molecule has 5 nitrogen and oxygen atoms in total. The number of amides is 2. The average Bonchev–Trinajstić information content (AvgIpc) is 3.26. The topological polar surface area (TPSA) is 59.2 Å². The van der Waals surface area contributed by atoms with E-state index in [0.29, 0.717) is 13.1 Å². The average molecular weight is 351 g/mol. The molecule has 2 N–H and O–H groups in total. The molecule has 5 heteroatoms. The number of aryl methyl sites for hydroxylation is 3. The molecule has 0 aliphatic heterocycles. The molecule has 0 radical (unpaired) electrons. The number of benzene rings is 1. The van der Waals surface area contributed by atoms with Crippen molar-refractivity contribution in [3.05, 3.63) is 82.6 Å². The van der Waals surface area contributed by atoms with Crippen molar-refractivity contribution < 1.29 is 9.21 Å². The van der Waals surface area contributed by atoms with Crippen molar-refractivity contribution in [3.63, 3.8) is 0 Å². The van der Waals surface area contributed by atoms with Crippen molar-refractivity contribution in [2.75, 3.05) is 0 Å². The fraction of sp³-hybridized carbons (Fsp3) is 0.286. The summed E-state index contributed by atoms with van der Waals surface area (Å²) < 4.78 is 7.38. The number of aromatic nitrogens is 1. The Morgan fingerprint density at radius 1 is 1.04 bits per heavy atom. The van der Waals surface area contributed by atoms with Gasteiger partial charge in [-0.15, -0.1) is 0 Å². The van der Waals surface area contributed by atoms with Gasteiger partial charge in [-0.2, -0.15) is 0 Å². The van der Waals surface area contributed by atoms with Gasteiger partial charge in [0.25, 0.3) is 0 Å². The second-order valence-corrected chi connectivity index (χ2v) is 6.62. The van der Waals surface area contributed by atoms with E-state index in [1.165, 1.54) is 22.3 Å². The van der Waals surface area contributed by atoms with Gasteiger partial charge in [-0.1, -0.05) is 17.7 Å². The Bertz CT molecular complexity index is 856. The third kappa shape index (κ3) is 4.36. The Kier molecular flexibility index (Phi) is 5.46. The van der Waals surface area contributed by atoms with Crippen LogP contribution < -0.4 is 10.6 Å². The van der Waals surface area contributed by atoms with Crippen LogP contribution in [0.25, 0.3) is 0 Å². The standard InChI is InChI=1S/C21H25N3O2/c1-15-10-16(2)20(17(3)11-15)14-24-8-4-6-18(24)12-22-21(25)23-13-19-7-5-9-26-19/h4-11H,12-14H2,1-3H3,(H2,22,23,25). The van der Waals surface area contributed by atoms with E-state index < -0.39 is 0 Å². The predicted molar refractivity (Wildman–Crippen MR) is 102 cm³/mol. The number of carbonyl (C=O) groups excluding carboxylic acids is 1. The molecule has 0 spiro atoms. The van der Waals surface area contributed by atoms with E-state index in [4.69, 9.17) is 4.42 Å². The van der Waals surface area contributed by atoms with Gasteiger partial charge in [-0.05, 0) is 61.7 Å². The third-order valence-corrected chi connectivity index (χ3v) is 4.53. The molecule has 0 saturated heterocycles. The number of hydrogen-bond acceptors (Lipinski definition) is 2. The van der Waals surface area contributed by atoms with Crippen molar-refractivity contribution in [1.82, 2.24) is 15.2 Å². The highest BCUT2D eigenvalue weighted by Gasteiger charge is 2.09. The maximum Gasteiger partial charge on any atom is 0.315 e. The first kappa shape index (κ1) is 17.9. The fourth-order valence-electron chi connectivity index (χ4n) is 3.21. The van der Waals surface area contributed by atoms with Crippen molar-refractivity contribution in [3.8, 4) is 0 Å². The molecule has 136 valence electrons. The molecular formula is C21H25N3O2. The zero-order valence-electron chi connectivity index (χ0n) is 15.5. The van der Waals surface area contributed by atoms with Crippen molar-refractivity contribution >= 4 is 6.03 Å². The summed E-state index contributed by atoms with van der Waals surface area (Å²) in [4.78, 5) is 12.0. The summed E-state index contributed by atoms with van der Waals surface area (Å²) in [6.45, 7) is 8.08. The molecule has 0 atom stereocenters. The van der Waals surface area contributed by atoms with Crippen LogP contribution in [0.5, 0.6) is 0 Å². The zero-order chi connectivity index (χ0) is 18.5. The maximum absolute atomic E-state index is 12.0. The van der Waals surface area contributed by atoms with Crippen molar-refractivity contribution in [1.29, 1.82) is 0 Å². The fourth-order valence-corrected chi connectivity index (χ4v) is 3.21. The molecule has 2 amide bonds. The molecule has 0 aliphatic carbocycles. The first-order valence-corrected chi connectivity index (χ1v) is 8.78. The summed E-state index contributed by atoms with van der Waals surface area (Å²) in [5.74, 6) is 0.730. The molecule has 1 aromatic carbocycles. The van der Waals surface area contributed by atoms with Crippen LogP contribution in [-0.4, -0.2) is 10.6 Å². The highest BCUT2D eigenvalue weighted by atomic mass is 16.3. The third-order valence-electron chi connectivity index (χ3n) is 4.53. The van der Waals surface area contributed by atoms with E-state index in [0.717, 1.165) is 18.0 Å². The lowest BCUT2D eigenvalue weighted by Gasteiger charge is -2.15. The second-order valence-electron chi connectivity index (χ2n) is 6.62. The minimum Gasteiger partial charge on any atom is -0.467 e. The first-order chi connectivity index (χ1) is 12.5. The summed E-state index contributed by atoms with van der Waals surface area (Å²) in [7, 11) is 0. The molecule has 3 rings (SSSR count). The van der Waals surface area contributed by atoms with E-state index in [2.05, 4.69) is 54.3 Å². The molecule has 26 heavy (non-hydrogen) atoms. The van der Waals surface area contributed by atoms with E-state index in [-0.39, 0.29) is 6.03 Å². The summed E-state index contributed by atoms with van der Waals surface area (Å²) >= 11 is 0. The molecule has 0 bridgehead atoms. The van der Waals surface area contributed by atoms with E-state index in [9.17, 15) is 4.79 Å². The predicted octanol–water partition coefficient (Wildman–Crippen LogP) is 4.05. The monoisotopic (exact) mass is 351 g/mol. The van der Waals surface area contributed by atoms with Crippen LogP contribution in [0.15, 0.2) is 53.3 Å². The van der Waals surface area contributed by atoms with Crippen LogP contribution in [0.3, 0.4) is 0 Å². The van der Waals surface area contributed by atoms with Gasteiger partial charge in [0.15, 0.2) is 0 Å². The van der Waals surface area contributed by atoms with Crippen molar-refractivity contribution in [2.24, 2.45) is 0 Å². The molecular weight excluding hydrogens is 326 g/mol. The Morgan fingerprint density at radius 2 is 1.77 bits per heavy atom. The minimum atomic E-state index is -0.211. The Labute approximate surface area is 154 Å². The number of nitrogens with zero attached hydrogens (tertiary/aromatic N) is 1. The number of nitrogens with one attached hydrogen (secondary N) is 2. The lowest BCUT2D eigenvalue weighted by molar-refractivity contribution is 0.239. The molecule has 2 heterocycles. The number of furan rings is 1.